The van der Waals surface area contributed by atoms with Gasteiger partial charge in [-0.1, -0.05) is 0 Å². The third-order valence-electron chi connectivity index (χ3n) is 1.93. The van der Waals surface area contributed by atoms with E-state index in [0.29, 0.717) is 0 Å². The normalized spacial score (nSPS) is 38.4. The van der Waals surface area contributed by atoms with Crippen molar-refractivity contribution in [3.63, 3.8) is 0 Å². The maximum absolute atomic E-state index is 12.9. The summed E-state index contributed by atoms with van der Waals surface area (Å²) >= 11 is 0. The van der Waals surface area contributed by atoms with Crippen molar-refractivity contribution in [2.75, 3.05) is 0 Å². The zero-order valence-corrected chi connectivity index (χ0v) is 8.82. The minimum absolute atomic E-state index is 1.19. The smallest absolute Gasteiger partial charge is 0.194 e. The van der Waals surface area contributed by atoms with Crippen LogP contribution in [0.5, 0.6) is 0 Å². The van der Waals surface area contributed by atoms with Crippen LogP contribution in [0.2, 0.25) is 0 Å². The summed E-state index contributed by atoms with van der Waals surface area (Å²) in [7, 11) is 0. The number of hydrogen-bond acceptors (Lipinski definition) is 3. The fraction of sp³-hybridized carbons (Fsp3) is 1.00. The van der Waals surface area contributed by atoms with E-state index < -0.39 is 37.4 Å². The van der Waals surface area contributed by atoms with Crippen molar-refractivity contribution in [2.24, 2.45) is 0 Å². The van der Waals surface area contributed by atoms with E-state index >= 15 is 0 Å². The summed E-state index contributed by atoms with van der Waals surface area (Å²) in [4.78, 5) is 0. The molecule has 0 saturated carbocycles. The first-order valence-electron chi connectivity index (χ1n) is 4.80. The van der Waals surface area contributed by atoms with Gasteiger partial charge in [0, 0.05) is 0 Å². The standard InChI is InChI=1S/C9H15F3O3/c1-4(10)7-13-8(5(2)11)15-9(14-7)6(3)12/h4-9H,1-3H3. The average molecular weight is 228 g/mol. The molecule has 0 aliphatic carbocycles. The van der Waals surface area contributed by atoms with Gasteiger partial charge in [0.15, 0.2) is 18.9 Å². The van der Waals surface area contributed by atoms with E-state index in [1.165, 1.54) is 20.8 Å². The first kappa shape index (κ1) is 12.7. The number of rotatable bonds is 3. The zero-order valence-electron chi connectivity index (χ0n) is 8.82. The van der Waals surface area contributed by atoms with Gasteiger partial charge in [-0.25, -0.2) is 13.2 Å². The molecule has 1 rings (SSSR count). The second-order valence-electron chi connectivity index (χ2n) is 3.55. The Labute approximate surface area is 86.5 Å². The second-order valence-corrected chi connectivity index (χ2v) is 3.55. The van der Waals surface area contributed by atoms with Gasteiger partial charge in [0.2, 0.25) is 0 Å². The Morgan fingerprint density at radius 1 is 0.667 bits per heavy atom. The molecule has 0 aromatic carbocycles. The van der Waals surface area contributed by atoms with E-state index in [2.05, 4.69) is 0 Å². The molecule has 3 unspecified atom stereocenters. The molecule has 0 aromatic heterocycles. The molecule has 1 aliphatic rings. The van der Waals surface area contributed by atoms with Gasteiger partial charge in [-0.05, 0) is 20.8 Å². The SMILES string of the molecule is CC(F)C1OC(C(C)F)OC(C(C)F)O1. The molecule has 3 nitrogen and oxygen atoms in total. The summed E-state index contributed by atoms with van der Waals surface area (Å²) in [6, 6.07) is 0. The molecular weight excluding hydrogens is 213 g/mol. The monoisotopic (exact) mass is 228 g/mol. The van der Waals surface area contributed by atoms with Gasteiger partial charge in [0.1, 0.15) is 18.5 Å². The van der Waals surface area contributed by atoms with Crippen LogP contribution in [0.25, 0.3) is 0 Å². The molecule has 6 heteroatoms. The molecule has 0 amide bonds. The van der Waals surface area contributed by atoms with Crippen LogP contribution >= 0.6 is 0 Å². The molecule has 1 fully saturated rings. The van der Waals surface area contributed by atoms with E-state index in [0.717, 1.165) is 0 Å². The third kappa shape index (κ3) is 3.32. The van der Waals surface area contributed by atoms with Gasteiger partial charge in [-0.2, -0.15) is 0 Å². The van der Waals surface area contributed by atoms with Crippen molar-refractivity contribution in [3.05, 3.63) is 0 Å². The number of alkyl halides is 3. The number of hydrogen-bond donors (Lipinski definition) is 0. The lowest BCUT2D eigenvalue weighted by Gasteiger charge is -2.37. The molecule has 15 heavy (non-hydrogen) atoms. The van der Waals surface area contributed by atoms with Crippen LogP contribution in [-0.2, 0) is 14.2 Å². The van der Waals surface area contributed by atoms with Crippen LogP contribution < -0.4 is 0 Å². The second kappa shape index (κ2) is 5.14. The minimum Gasteiger partial charge on any atom is -0.317 e. The van der Waals surface area contributed by atoms with Crippen molar-refractivity contribution in [2.45, 2.75) is 58.2 Å². The summed E-state index contributed by atoms with van der Waals surface area (Å²) in [5.41, 5.74) is 0. The summed E-state index contributed by atoms with van der Waals surface area (Å²) < 4.78 is 53.2. The number of halogens is 3. The van der Waals surface area contributed by atoms with Crippen LogP contribution in [0, 0.1) is 0 Å². The molecule has 0 spiro atoms. The first-order valence-corrected chi connectivity index (χ1v) is 4.80. The van der Waals surface area contributed by atoms with Crippen molar-refractivity contribution >= 4 is 0 Å². The summed E-state index contributed by atoms with van der Waals surface area (Å²) in [6.45, 7) is 3.57. The van der Waals surface area contributed by atoms with Crippen LogP contribution in [-0.4, -0.2) is 37.4 Å². The minimum atomic E-state index is -1.48. The Morgan fingerprint density at radius 2 is 0.867 bits per heavy atom. The topological polar surface area (TPSA) is 27.7 Å². The molecular formula is C9H15F3O3. The highest BCUT2D eigenvalue weighted by molar-refractivity contribution is 4.68. The van der Waals surface area contributed by atoms with Crippen molar-refractivity contribution in [1.29, 1.82) is 0 Å². The van der Waals surface area contributed by atoms with E-state index in [1.807, 2.05) is 0 Å². The molecule has 0 bridgehead atoms. The lowest BCUT2D eigenvalue weighted by Crippen LogP contribution is -2.49. The molecule has 3 atom stereocenters. The maximum Gasteiger partial charge on any atom is 0.194 e. The van der Waals surface area contributed by atoms with E-state index in [4.69, 9.17) is 14.2 Å². The molecule has 0 N–H and O–H groups in total. The highest BCUT2D eigenvalue weighted by Gasteiger charge is 2.39. The van der Waals surface area contributed by atoms with Crippen LogP contribution in [0.3, 0.4) is 0 Å². The van der Waals surface area contributed by atoms with Gasteiger partial charge in [-0.15, -0.1) is 0 Å². The average Bonchev–Trinajstić information content (AvgIpc) is 2.16. The third-order valence-corrected chi connectivity index (χ3v) is 1.93. The lowest BCUT2D eigenvalue weighted by molar-refractivity contribution is -0.409. The largest absolute Gasteiger partial charge is 0.317 e. The fourth-order valence-corrected chi connectivity index (χ4v) is 1.14. The van der Waals surface area contributed by atoms with Gasteiger partial charge in [0.25, 0.3) is 0 Å². The Morgan fingerprint density at radius 3 is 1.00 bits per heavy atom. The quantitative estimate of drug-likeness (QED) is 0.740. The van der Waals surface area contributed by atoms with Gasteiger partial charge >= 0.3 is 0 Å². The fourth-order valence-electron chi connectivity index (χ4n) is 1.14. The van der Waals surface area contributed by atoms with E-state index in [9.17, 15) is 13.2 Å². The summed E-state index contributed by atoms with van der Waals surface area (Å²) in [6.07, 6.45) is -8.29. The molecule has 0 aromatic rings. The van der Waals surface area contributed by atoms with Crippen molar-refractivity contribution in [3.8, 4) is 0 Å². The first-order chi connectivity index (χ1) is 6.91. The van der Waals surface area contributed by atoms with Crippen LogP contribution in [0.15, 0.2) is 0 Å². The predicted molar refractivity (Wildman–Crippen MR) is 46.3 cm³/mol. The lowest BCUT2D eigenvalue weighted by atomic mass is 10.3. The van der Waals surface area contributed by atoms with Crippen LogP contribution in [0.1, 0.15) is 20.8 Å². The Balaban J connectivity index is 2.64. The van der Waals surface area contributed by atoms with Gasteiger partial charge in [0.05, 0.1) is 0 Å². The van der Waals surface area contributed by atoms with Crippen molar-refractivity contribution in [1.82, 2.24) is 0 Å². The number of ether oxygens (including phenoxy) is 3. The maximum atomic E-state index is 12.9. The predicted octanol–water partition coefficient (Wildman–Crippen LogP) is 2.10. The van der Waals surface area contributed by atoms with Crippen molar-refractivity contribution < 1.29 is 27.4 Å². The highest BCUT2D eigenvalue weighted by Crippen LogP contribution is 2.25. The Kier molecular flexibility index (Phi) is 4.36. The Bertz CT molecular complexity index is 160. The van der Waals surface area contributed by atoms with Gasteiger partial charge < -0.3 is 14.2 Å². The molecule has 0 radical (unpaired) electrons. The zero-order chi connectivity index (χ0) is 11.6. The molecule has 1 saturated heterocycles. The summed E-state index contributed by atoms with van der Waals surface area (Å²) in [5.74, 6) is 0. The Hall–Kier alpha value is -0.330. The van der Waals surface area contributed by atoms with Gasteiger partial charge in [-0.3, -0.25) is 0 Å². The van der Waals surface area contributed by atoms with Crippen LogP contribution in [0.4, 0.5) is 13.2 Å². The molecule has 1 heterocycles. The summed E-state index contributed by atoms with van der Waals surface area (Å²) in [5, 5.41) is 0. The van der Waals surface area contributed by atoms with E-state index in [1.54, 1.807) is 0 Å². The highest BCUT2D eigenvalue weighted by atomic mass is 19.1. The molecule has 1 aliphatic heterocycles. The molecule has 90 valence electrons. The van der Waals surface area contributed by atoms with E-state index in [-0.39, 0.29) is 0 Å².